The number of unbranched alkanes of at least 4 members (excludes halogenated alkanes) is 8. The van der Waals surface area contributed by atoms with Crippen molar-refractivity contribution in [2.75, 3.05) is 0 Å². The molecule has 0 bridgehead atoms. The monoisotopic (exact) mass is 521 g/mol. The molecule has 2 fully saturated rings. The van der Waals surface area contributed by atoms with Gasteiger partial charge in [0, 0.05) is 4.75 Å². The van der Waals surface area contributed by atoms with Gasteiger partial charge in [0.1, 0.15) is 0 Å². The minimum absolute atomic E-state index is 0.193. The van der Waals surface area contributed by atoms with Gasteiger partial charge in [-0.3, -0.25) is 0 Å². The summed E-state index contributed by atoms with van der Waals surface area (Å²) < 4.78 is 0.193. The van der Waals surface area contributed by atoms with Crippen LogP contribution in [0.4, 0.5) is 0 Å². The van der Waals surface area contributed by atoms with E-state index < -0.39 is 0 Å². The molecule has 0 amide bonds. The van der Waals surface area contributed by atoms with Crippen molar-refractivity contribution in [2.24, 2.45) is 21.7 Å². The first kappa shape index (κ1) is 32.6. The molecule has 2 rings (SSSR count). The Kier molecular flexibility index (Phi) is 13.3. The maximum Gasteiger partial charge on any atom is 0.0140 e. The fourth-order valence-electron chi connectivity index (χ4n) is 9.61. The van der Waals surface area contributed by atoms with Gasteiger partial charge in [0.05, 0.1) is 0 Å². The summed E-state index contributed by atoms with van der Waals surface area (Å²) in [5.41, 5.74) is 1.78. The van der Waals surface area contributed by atoms with Gasteiger partial charge in [0.2, 0.25) is 0 Å². The van der Waals surface area contributed by atoms with E-state index in [1.54, 1.807) is 0 Å². The maximum absolute atomic E-state index is 5.71. The molecule has 3 atom stereocenters. The number of hydrogen-bond acceptors (Lipinski definition) is 1. The van der Waals surface area contributed by atoms with Crippen LogP contribution in [0.1, 0.15) is 196 Å². The van der Waals surface area contributed by atoms with E-state index in [4.69, 9.17) is 12.6 Å². The van der Waals surface area contributed by atoms with Gasteiger partial charge in [-0.25, -0.2) is 0 Å². The van der Waals surface area contributed by atoms with E-state index in [9.17, 15) is 0 Å². The predicted octanol–water partition coefficient (Wildman–Crippen LogP) is 12.7. The molecule has 1 heteroatoms. The molecule has 2 aliphatic carbocycles. The first-order chi connectivity index (χ1) is 17.0. The van der Waals surface area contributed by atoms with Crippen LogP contribution in [0.25, 0.3) is 0 Å². The molecule has 0 N–H and O–H groups in total. The average Bonchev–Trinajstić information content (AvgIpc) is 2.80. The van der Waals surface area contributed by atoms with Gasteiger partial charge >= 0.3 is 0 Å². The van der Waals surface area contributed by atoms with Crippen LogP contribution >= 0.6 is 12.6 Å². The van der Waals surface area contributed by atoms with Gasteiger partial charge < -0.3 is 0 Å². The van der Waals surface area contributed by atoms with E-state index in [2.05, 4.69) is 48.5 Å². The minimum atomic E-state index is 0.193. The summed E-state index contributed by atoms with van der Waals surface area (Å²) in [5.74, 6) is 0. The third-order valence-electron chi connectivity index (χ3n) is 11.2. The second kappa shape index (κ2) is 14.7. The second-order valence-electron chi connectivity index (χ2n) is 15.1. The van der Waals surface area contributed by atoms with E-state index in [0.29, 0.717) is 21.7 Å². The summed E-state index contributed by atoms with van der Waals surface area (Å²) in [6.07, 6.45) is 32.4. The van der Waals surface area contributed by atoms with Gasteiger partial charge in [-0.1, -0.05) is 138 Å². The lowest BCUT2D eigenvalue weighted by Crippen LogP contribution is -2.56. The quantitative estimate of drug-likeness (QED) is 0.161. The van der Waals surface area contributed by atoms with E-state index in [1.807, 2.05) is 0 Å². The van der Waals surface area contributed by atoms with Crippen LogP contribution < -0.4 is 0 Å². The van der Waals surface area contributed by atoms with Gasteiger partial charge in [0.15, 0.2) is 0 Å². The Morgan fingerprint density at radius 3 is 1.64 bits per heavy atom. The summed E-state index contributed by atoms with van der Waals surface area (Å²) in [6.45, 7) is 17.9. The van der Waals surface area contributed by atoms with Gasteiger partial charge in [-0.05, 0) is 79.4 Å². The molecule has 0 aliphatic heterocycles. The van der Waals surface area contributed by atoms with Crippen molar-refractivity contribution in [1.29, 1.82) is 0 Å². The number of hydrogen-bond donors (Lipinski definition) is 1. The van der Waals surface area contributed by atoms with Crippen LogP contribution in [0, 0.1) is 21.7 Å². The summed E-state index contributed by atoms with van der Waals surface area (Å²) in [6, 6.07) is 0. The average molecular weight is 521 g/mol. The highest BCUT2D eigenvalue weighted by molar-refractivity contribution is 7.81. The lowest BCUT2D eigenvalue weighted by Gasteiger charge is -2.64. The summed E-state index contributed by atoms with van der Waals surface area (Å²) >= 11 is 5.71. The van der Waals surface area contributed by atoms with Crippen LogP contribution in [0.2, 0.25) is 0 Å². The van der Waals surface area contributed by atoms with Gasteiger partial charge in [0.25, 0.3) is 0 Å². The number of rotatable bonds is 15. The Bertz CT molecular complexity index is 602. The molecule has 2 aliphatic rings. The highest BCUT2D eigenvalue weighted by Crippen LogP contribution is 2.68. The highest BCUT2D eigenvalue weighted by Gasteiger charge is 2.60. The Labute approximate surface area is 234 Å². The van der Waals surface area contributed by atoms with Crippen molar-refractivity contribution in [3.63, 3.8) is 0 Å². The first-order valence-electron chi connectivity index (χ1n) is 16.7. The largest absolute Gasteiger partial charge is 0.172 e. The van der Waals surface area contributed by atoms with Gasteiger partial charge in [-0.15, -0.1) is 0 Å². The van der Waals surface area contributed by atoms with Crippen LogP contribution in [0.15, 0.2) is 0 Å². The molecule has 0 aromatic rings. The van der Waals surface area contributed by atoms with Crippen molar-refractivity contribution in [3.05, 3.63) is 0 Å². The first-order valence-corrected chi connectivity index (χ1v) is 17.2. The Morgan fingerprint density at radius 1 is 0.528 bits per heavy atom. The second-order valence-corrected chi connectivity index (χ2v) is 16.0. The molecule has 3 unspecified atom stereocenters. The lowest BCUT2D eigenvalue weighted by molar-refractivity contribution is -0.133. The molecule has 36 heavy (non-hydrogen) atoms. The molecule has 2 saturated carbocycles. The van der Waals surface area contributed by atoms with Crippen molar-refractivity contribution in [2.45, 2.75) is 201 Å². The summed E-state index contributed by atoms with van der Waals surface area (Å²) in [7, 11) is 0. The molecule has 0 saturated heterocycles. The Hall–Kier alpha value is 0.350. The van der Waals surface area contributed by atoms with Crippen LogP contribution in [0.3, 0.4) is 0 Å². The molecular formula is C35H68S. The zero-order valence-electron chi connectivity index (χ0n) is 26.2. The SMILES string of the molecule is CCCCCCCCCCCC1(S)CC(C)(C)CCC(CCC)(C2(C)CCCCC2)C(C)(CCC)C1. The van der Waals surface area contributed by atoms with E-state index >= 15 is 0 Å². The van der Waals surface area contributed by atoms with Crippen molar-refractivity contribution >= 4 is 12.6 Å². The molecule has 0 nitrogen and oxygen atoms in total. The minimum Gasteiger partial charge on any atom is -0.172 e. The molecule has 0 aromatic heterocycles. The maximum atomic E-state index is 5.71. The molecule has 0 heterocycles. The summed E-state index contributed by atoms with van der Waals surface area (Å²) in [5, 5.41) is 0. The van der Waals surface area contributed by atoms with Crippen molar-refractivity contribution in [3.8, 4) is 0 Å². The van der Waals surface area contributed by atoms with Crippen LogP contribution in [-0.2, 0) is 0 Å². The van der Waals surface area contributed by atoms with E-state index in [-0.39, 0.29) is 4.75 Å². The highest BCUT2D eigenvalue weighted by atomic mass is 32.1. The molecule has 0 radical (unpaired) electrons. The zero-order valence-corrected chi connectivity index (χ0v) is 27.1. The number of thiol groups is 1. The fourth-order valence-corrected chi connectivity index (χ4v) is 10.5. The molecule has 0 aromatic carbocycles. The summed E-state index contributed by atoms with van der Waals surface area (Å²) in [4.78, 5) is 0. The van der Waals surface area contributed by atoms with Crippen LogP contribution in [-0.4, -0.2) is 4.75 Å². The smallest absolute Gasteiger partial charge is 0.0140 e. The Morgan fingerprint density at radius 2 is 1.08 bits per heavy atom. The topological polar surface area (TPSA) is 0 Å². The predicted molar refractivity (Wildman–Crippen MR) is 167 cm³/mol. The molecular weight excluding hydrogens is 452 g/mol. The van der Waals surface area contributed by atoms with Crippen molar-refractivity contribution in [1.82, 2.24) is 0 Å². The van der Waals surface area contributed by atoms with Gasteiger partial charge in [-0.2, -0.15) is 12.6 Å². The van der Waals surface area contributed by atoms with Crippen LogP contribution in [0.5, 0.6) is 0 Å². The lowest BCUT2D eigenvalue weighted by atomic mass is 9.41. The zero-order chi connectivity index (χ0) is 26.8. The Balaban J connectivity index is 2.22. The fraction of sp³-hybridized carbons (Fsp3) is 1.00. The third kappa shape index (κ3) is 8.42. The third-order valence-corrected chi connectivity index (χ3v) is 11.8. The molecule has 214 valence electrons. The van der Waals surface area contributed by atoms with E-state index in [1.165, 1.54) is 148 Å². The van der Waals surface area contributed by atoms with E-state index in [0.717, 1.165) is 0 Å². The normalized spacial score (nSPS) is 32.7. The standard InChI is InChI=1S/C35H68S/c1-8-11-12-13-14-15-16-17-21-26-34(36)29-31(4,5)27-28-35(23-10-3,33(7,30-34)22-9-2)32(6)24-19-18-20-25-32/h36H,8-30H2,1-7H3. The van der Waals surface area contributed by atoms with Crippen molar-refractivity contribution < 1.29 is 0 Å². The molecule has 0 spiro atoms.